The lowest BCUT2D eigenvalue weighted by atomic mass is 10.2. The van der Waals surface area contributed by atoms with Gasteiger partial charge in [0.05, 0.1) is 5.52 Å². The van der Waals surface area contributed by atoms with E-state index in [0.29, 0.717) is 31.4 Å². The monoisotopic (exact) mass is 421 g/mol. The topological polar surface area (TPSA) is 116 Å². The van der Waals surface area contributed by atoms with E-state index in [2.05, 4.69) is 24.9 Å². The van der Waals surface area contributed by atoms with Gasteiger partial charge in [0, 0.05) is 44.7 Å². The Hall–Kier alpha value is -2.01. The van der Waals surface area contributed by atoms with Crippen molar-refractivity contribution in [2.24, 2.45) is 0 Å². The Kier molecular flexibility index (Phi) is 7.59. The molecule has 0 amide bonds. The first-order valence-corrected chi connectivity index (χ1v) is 11.6. The molecule has 1 aliphatic rings. The van der Waals surface area contributed by atoms with E-state index >= 15 is 0 Å². The molecule has 3 rings (SSSR count). The Labute approximate surface area is 172 Å². The number of hydrogen-bond donors (Lipinski definition) is 3. The zero-order valence-electron chi connectivity index (χ0n) is 17.0. The molecule has 0 spiro atoms. The fraction of sp³-hybridized carbons (Fsp3) is 0.579. The highest BCUT2D eigenvalue weighted by atomic mass is 32.2. The number of nitrogens with zero attached hydrogens (tertiary/aromatic N) is 4. The van der Waals surface area contributed by atoms with Crippen LogP contribution in [0.25, 0.3) is 10.9 Å². The highest BCUT2D eigenvalue weighted by molar-refractivity contribution is 7.87. The second-order valence-electron chi connectivity index (χ2n) is 7.39. The van der Waals surface area contributed by atoms with Crippen molar-refractivity contribution < 1.29 is 8.42 Å². The van der Waals surface area contributed by atoms with Gasteiger partial charge in [0.25, 0.3) is 10.2 Å². The molecular formula is C19H31N7O2S. The zero-order chi connectivity index (χ0) is 20.7. The van der Waals surface area contributed by atoms with Gasteiger partial charge in [-0.05, 0) is 32.0 Å². The fourth-order valence-electron chi connectivity index (χ4n) is 3.30. The van der Waals surface area contributed by atoms with Gasteiger partial charge in [-0.15, -0.1) is 0 Å². The minimum Gasteiger partial charge on any atom is -0.383 e. The molecular weight excluding hydrogens is 390 g/mol. The van der Waals surface area contributed by atoms with Gasteiger partial charge in [-0.1, -0.05) is 25.0 Å². The van der Waals surface area contributed by atoms with Crippen molar-refractivity contribution in [3.63, 3.8) is 0 Å². The van der Waals surface area contributed by atoms with E-state index in [9.17, 15) is 8.42 Å². The van der Waals surface area contributed by atoms with Crippen LogP contribution >= 0.6 is 0 Å². The molecule has 9 nitrogen and oxygen atoms in total. The minimum atomic E-state index is -3.35. The second-order valence-corrected chi connectivity index (χ2v) is 9.15. The summed E-state index contributed by atoms with van der Waals surface area (Å²) in [7, 11) is -1.34. The third-order valence-electron chi connectivity index (χ3n) is 5.11. The minimum absolute atomic E-state index is 0.478. The van der Waals surface area contributed by atoms with Crippen molar-refractivity contribution in [3.8, 4) is 0 Å². The first-order chi connectivity index (χ1) is 14.0. The third-order valence-corrected chi connectivity index (χ3v) is 6.72. The number of benzene rings is 1. The Morgan fingerprint density at radius 1 is 1.00 bits per heavy atom. The van der Waals surface area contributed by atoms with Crippen molar-refractivity contribution >= 4 is 32.9 Å². The second kappa shape index (κ2) is 10.1. The molecule has 1 fully saturated rings. The number of unbranched alkanes of at least 4 members (excludes halogenated alkanes) is 3. The molecule has 1 aliphatic heterocycles. The highest BCUT2D eigenvalue weighted by Crippen LogP contribution is 2.18. The number of anilines is 2. The van der Waals surface area contributed by atoms with Crippen LogP contribution in [0.4, 0.5) is 11.8 Å². The van der Waals surface area contributed by atoms with Gasteiger partial charge >= 0.3 is 0 Å². The molecule has 29 heavy (non-hydrogen) atoms. The molecule has 160 valence electrons. The number of rotatable bonds is 10. The largest absolute Gasteiger partial charge is 0.383 e. The Balaban J connectivity index is 1.30. The summed E-state index contributed by atoms with van der Waals surface area (Å²) in [5, 5.41) is 4.07. The normalized spacial score (nSPS) is 16.3. The van der Waals surface area contributed by atoms with Crippen LogP contribution in [0.5, 0.6) is 0 Å². The van der Waals surface area contributed by atoms with E-state index < -0.39 is 10.2 Å². The van der Waals surface area contributed by atoms with Crippen LogP contribution in [0, 0.1) is 0 Å². The predicted octanol–water partition coefficient (Wildman–Crippen LogP) is 1.27. The van der Waals surface area contributed by atoms with E-state index in [-0.39, 0.29) is 0 Å². The Morgan fingerprint density at radius 2 is 1.69 bits per heavy atom. The van der Waals surface area contributed by atoms with Gasteiger partial charge in [0.2, 0.25) is 5.95 Å². The predicted molar refractivity (Wildman–Crippen MR) is 117 cm³/mol. The lowest BCUT2D eigenvalue weighted by Gasteiger charge is -2.31. The smallest absolute Gasteiger partial charge is 0.279 e. The van der Waals surface area contributed by atoms with Crippen molar-refractivity contribution in [1.29, 1.82) is 0 Å². The Morgan fingerprint density at radius 3 is 2.45 bits per heavy atom. The lowest BCUT2D eigenvalue weighted by Crippen LogP contribution is -2.51. The van der Waals surface area contributed by atoms with Crippen LogP contribution in [0.3, 0.4) is 0 Å². The van der Waals surface area contributed by atoms with E-state index in [1.165, 1.54) is 4.31 Å². The molecule has 1 saturated heterocycles. The van der Waals surface area contributed by atoms with Gasteiger partial charge in [-0.2, -0.15) is 17.7 Å². The summed E-state index contributed by atoms with van der Waals surface area (Å²) in [6.07, 6.45) is 3.76. The summed E-state index contributed by atoms with van der Waals surface area (Å²) in [6.45, 7) is 3.90. The molecule has 1 aromatic heterocycles. The first-order valence-electron chi connectivity index (χ1n) is 10.1. The SMILES string of the molecule is CN1CCN(S(=O)(=O)NCCCCCCNc2nc(N)c3ccccc3n2)CC1. The fourth-order valence-corrected chi connectivity index (χ4v) is 4.53. The Bertz CT molecular complexity index is 899. The number of aromatic nitrogens is 2. The summed E-state index contributed by atoms with van der Waals surface area (Å²) >= 11 is 0. The van der Waals surface area contributed by atoms with E-state index in [0.717, 1.165) is 56.2 Å². The van der Waals surface area contributed by atoms with Gasteiger partial charge in [-0.3, -0.25) is 0 Å². The number of nitrogen functional groups attached to an aromatic ring is 1. The van der Waals surface area contributed by atoms with Crippen molar-refractivity contribution in [3.05, 3.63) is 24.3 Å². The summed E-state index contributed by atoms with van der Waals surface area (Å²) in [5.74, 6) is 1.02. The third kappa shape index (κ3) is 6.23. The number of fused-ring (bicyclic) bond motifs is 1. The molecule has 0 unspecified atom stereocenters. The average molecular weight is 422 g/mol. The van der Waals surface area contributed by atoms with Crippen LogP contribution in [0.2, 0.25) is 0 Å². The highest BCUT2D eigenvalue weighted by Gasteiger charge is 2.24. The van der Waals surface area contributed by atoms with Crippen LogP contribution in [0.1, 0.15) is 25.7 Å². The maximum Gasteiger partial charge on any atom is 0.279 e. The molecule has 0 atom stereocenters. The summed E-state index contributed by atoms with van der Waals surface area (Å²) in [5.41, 5.74) is 6.81. The van der Waals surface area contributed by atoms with Gasteiger partial charge in [-0.25, -0.2) is 9.71 Å². The van der Waals surface area contributed by atoms with E-state index in [4.69, 9.17) is 5.73 Å². The standard InChI is InChI=1S/C19H31N7O2S/c1-25-12-14-26(15-13-25)29(27,28)22-11-7-3-2-6-10-21-19-23-17-9-5-4-8-16(17)18(20)24-19/h4-5,8-9,22H,2-3,6-7,10-15H2,1H3,(H3,20,21,23,24). The molecule has 4 N–H and O–H groups in total. The molecule has 1 aromatic carbocycles. The number of hydrogen-bond acceptors (Lipinski definition) is 7. The first kappa shape index (κ1) is 21.7. The van der Waals surface area contributed by atoms with Crippen molar-refractivity contribution in [2.45, 2.75) is 25.7 Å². The van der Waals surface area contributed by atoms with Gasteiger partial charge in [0.15, 0.2) is 0 Å². The summed E-state index contributed by atoms with van der Waals surface area (Å²) in [6, 6.07) is 7.67. The molecule has 2 heterocycles. The maximum absolute atomic E-state index is 12.3. The maximum atomic E-state index is 12.3. The van der Waals surface area contributed by atoms with E-state index in [1.807, 2.05) is 31.3 Å². The van der Waals surface area contributed by atoms with E-state index in [1.54, 1.807) is 0 Å². The number of likely N-dealkylation sites (N-methyl/N-ethyl adjacent to an activating group) is 1. The summed E-state index contributed by atoms with van der Waals surface area (Å²) in [4.78, 5) is 10.9. The van der Waals surface area contributed by atoms with Gasteiger partial charge in [0.1, 0.15) is 5.82 Å². The number of piperazine rings is 1. The molecule has 2 aromatic rings. The molecule has 0 radical (unpaired) electrons. The number of para-hydroxylation sites is 1. The quantitative estimate of drug-likeness (QED) is 0.495. The van der Waals surface area contributed by atoms with Crippen LogP contribution in [-0.2, 0) is 10.2 Å². The molecule has 0 bridgehead atoms. The van der Waals surface area contributed by atoms with Crippen LogP contribution < -0.4 is 15.8 Å². The van der Waals surface area contributed by atoms with Gasteiger partial charge < -0.3 is 16.0 Å². The number of nitrogens with one attached hydrogen (secondary N) is 2. The lowest BCUT2D eigenvalue weighted by molar-refractivity contribution is 0.221. The molecule has 10 heteroatoms. The number of nitrogens with two attached hydrogens (primary N) is 1. The van der Waals surface area contributed by atoms with Crippen LogP contribution in [-0.4, -0.2) is 73.9 Å². The average Bonchev–Trinajstić information content (AvgIpc) is 2.70. The molecule has 0 aliphatic carbocycles. The van der Waals surface area contributed by atoms with Crippen molar-refractivity contribution in [1.82, 2.24) is 23.9 Å². The molecule has 0 saturated carbocycles. The van der Waals surface area contributed by atoms with Crippen molar-refractivity contribution in [2.75, 3.05) is 57.4 Å². The van der Waals surface area contributed by atoms with Crippen LogP contribution in [0.15, 0.2) is 24.3 Å². The zero-order valence-corrected chi connectivity index (χ0v) is 17.8. The summed E-state index contributed by atoms with van der Waals surface area (Å²) < 4.78 is 28.8.